The molecule has 0 aliphatic rings. The van der Waals surface area contributed by atoms with Crippen molar-refractivity contribution >= 4 is 37.7 Å². The summed E-state index contributed by atoms with van der Waals surface area (Å²) in [7, 11) is -21.3. The van der Waals surface area contributed by atoms with Crippen molar-refractivity contribution in [3.63, 3.8) is 0 Å². The van der Waals surface area contributed by atoms with Gasteiger partial charge in [-0.25, -0.2) is 18.3 Å². The minimum atomic E-state index is -10.7. The summed E-state index contributed by atoms with van der Waals surface area (Å²) >= 11 is 0. The van der Waals surface area contributed by atoms with Crippen LogP contribution in [0, 0.1) is 0 Å². The van der Waals surface area contributed by atoms with Gasteiger partial charge in [0, 0.05) is 0 Å². The van der Waals surface area contributed by atoms with E-state index in [2.05, 4.69) is 118 Å². The molecular formula is C26H28F12N4P2. The molecule has 0 bridgehead atoms. The zero-order chi connectivity index (χ0) is 33.3. The van der Waals surface area contributed by atoms with Crippen LogP contribution in [0.15, 0.2) is 85.5 Å². The van der Waals surface area contributed by atoms with E-state index in [9.17, 15) is 50.4 Å². The number of imidazole rings is 2. The van der Waals surface area contributed by atoms with Crippen molar-refractivity contribution < 1.29 is 59.5 Å². The predicted molar refractivity (Wildman–Crippen MR) is 147 cm³/mol. The molecule has 0 atom stereocenters. The molecule has 0 saturated carbocycles. The SMILES string of the molecule is CCn1c[n+](Cc2cccc(C[n+]3cn(CC)c4ccccc43)c2)c2ccccc21.F[P-](F)(F)(F)(F)F.F[P-](F)(F)(F)(F)F. The van der Waals surface area contributed by atoms with E-state index in [1.165, 1.54) is 33.2 Å². The molecule has 44 heavy (non-hydrogen) atoms. The first-order valence-corrected chi connectivity index (χ1v) is 16.9. The molecule has 2 aromatic heterocycles. The average molecular weight is 686 g/mol. The zero-order valence-electron chi connectivity index (χ0n) is 23.1. The van der Waals surface area contributed by atoms with Crippen LogP contribution in [0.1, 0.15) is 25.0 Å². The van der Waals surface area contributed by atoms with Gasteiger partial charge in [0.05, 0.1) is 13.1 Å². The van der Waals surface area contributed by atoms with E-state index in [1.54, 1.807) is 0 Å². The number of benzene rings is 3. The second-order valence-electron chi connectivity index (χ2n) is 9.77. The van der Waals surface area contributed by atoms with Gasteiger partial charge in [-0.2, -0.15) is 0 Å². The first-order chi connectivity index (χ1) is 19.7. The van der Waals surface area contributed by atoms with Gasteiger partial charge in [-0.1, -0.05) is 42.5 Å². The standard InChI is InChI=1S/C26H28N4.2F6P/c1-3-27-19-29(25-14-7-5-12-23(25)27)17-21-10-9-11-22(16-21)18-30-20-28(4-2)24-13-6-8-15-26(24)30;2*1-7(2,3,4,5)6/h5-16,19-20H,3-4,17-18H2,1-2H3;;/q+2;2*-1. The Balaban J connectivity index is 0.000000317. The van der Waals surface area contributed by atoms with Crippen molar-refractivity contribution in [1.82, 2.24) is 9.13 Å². The van der Waals surface area contributed by atoms with Crippen molar-refractivity contribution in [3.8, 4) is 0 Å². The first-order valence-electron chi connectivity index (χ1n) is 12.8. The summed E-state index contributed by atoms with van der Waals surface area (Å²) in [6.07, 6.45) is 4.47. The van der Waals surface area contributed by atoms with Crippen LogP contribution in [0.2, 0.25) is 0 Å². The normalized spacial score (nSPS) is 15.2. The van der Waals surface area contributed by atoms with Gasteiger partial charge >= 0.3 is 66.0 Å². The summed E-state index contributed by atoms with van der Waals surface area (Å²) < 4.78 is 128. The monoisotopic (exact) mass is 686 g/mol. The topological polar surface area (TPSA) is 17.6 Å². The number of hydrogen-bond donors (Lipinski definition) is 0. The zero-order valence-corrected chi connectivity index (χ0v) is 24.9. The fourth-order valence-corrected chi connectivity index (χ4v) is 4.46. The van der Waals surface area contributed by atoms with Crippen molar-refractivity contribution in [3.05, 3.63) is 96.6 Å². The number of hydrogen-bond acceptors (Lipinski definition) is 0. The van der Waals surface area contributed by atoms with E-state index >= 15 is 0 Å². The fraction of sp³-hybridized carbons (Fsp3) is 0.231. The van der Waals surface area contributed by atoms with Gasteiger partial charge in [-0.15, -0.1) is 0 Å². The number of para-hydroxylation sites is 4. The summed E-state index contributed by atoms with van der Waals surface area (Å²) in [4.78, 5) is 0. The maximum absolute atomic E-state index is 10.7. The summed E-state index contributed by atoms with van der Waals surface area (Å²) in [6.45, 7) is 8.10. The van der Waals surface area contributed by atoms with Gasteiger partial charge in [0.25, 0.3) is 0 Å². The molecule has 0 radical (unpaired) electrons. The van der Waals surface area contributed by atoms with Gasteiger partial charge in [0.15, 0.2) is 22.1 Å². The Morgan fingerprint density at radius 2 is 0.818 bits per heavy atom. The Morgan fingerprint density at radius 3 is 1.14 bits per heavy atom. The van der Waals surface area contributed by atoms with E-state index in [0.717, 1.165) is 26.2 Å². The Labute approximate surface area is 243 Å². The molecule has 246 valence electrons. The van der Waals surface area contributed by atoms with E-state index in [1.807, 2.05) is 0 Å². The van der Waals surface area contributed by atoms with Gasteiger partial charge in [0.1, 0.15) is 13.1 Å². The average Bonchev–Trinajstić information content (AvgIpc) is 3.38. The van der Waals surface area contributed by atoms with Gasteiger partial charge < -0.3 is 0 Å². The Hall–Kier alpha value is -3.38. The van der Waals surface area contributed by atoms with Crippen LogP contribution in [0.25, 0.3) is 22.1 Å². The molecule has 0 fully saturated rings. The molecule has 18 heteroatoms. The van der Waals surface area contributed by atoms with Gasteiger partial charge in [-0.3, -0.25) is 0 Å². The molecule has 2 heterocycles. The van der Waals surface area contributed by atoms with Gasteiger partial charge in [-0.05, 0) is 55.3 Å². The third kappa shape index (κ3) is 13.1. The third-order valence-corrected chi connectivity index (χ3v) is 5.94. The molecule has 0 amide bonds. The number of fused-ring (bicyclic) bond motifs is 2. The second kappa shape index (κ2) is 10.6. The number of halogens is 12. The van der Waals surface area contributed by atoms with Gasteiger partial charge in [0.2, 0.25) is 12.7 Å². The second-order valence-corrected chi connectivity index (χ2v) is 13.6. The molecule has 4 nitrogen and oxygen atoms in total. The quantitative estimate of drug-likeness (QED) is 0.0962. The summed E-state index contributed by atoms with van der Waals surface area (Å²) in [6, 6.07) is 26.3. The molecule has 0 N–H and O–H groups in total. The Morgan fingerprint density at radius 1 is 0.500 bits per heavy atom. The minimum absolute atomic E-state index is 0.878. The molecule has 5 aromatic rings. The molecule has 5 rings (SSSR count). The molecular weight excluding hydrogens is 658 g/mol. The van der Waals surface area contributed by atoms with Crippen LogP contribution in [-0.2, 0) is 26.2 Å². The van der Waals surface area contributed by atoms with Crippen molar-refractivity contribution in [2.45, 2.75) is 40.0 Å². The summed E-state index contributed by atoms with van der Waals surface area (Å²) in [5, 5.41) is 0. The van der Waals surface area contributed by atoms with E-state index in [-0.39, 0.29) is 0 Å². The Bertz CT molecular complexity index is 1630. The number of rotatable bonds is 6. The number of aromatic nitrogens is 4. The molecule has 3 aromatic carbocycles. The summed E-state index contributed by atoms with van der Waals surface area (Å²) in [5.41, 5.74) is 7.81. The molecule has 0 aliphatic heterocycles. The van der Waals surface area contributed by atoms with Crippen molar-refractivity contribution in [2.75, 3.05) is 0 Å². The van der Waals surface area contributed by atoms with E-state index < -0.39 is 15.6 Å². The predicted octanol–water partition coefficient (Wildman–Crippen LogP) is 11.1. The molecule has 0 aliphatic carbocycles. The molecule has 0 spiro atoms. The molecule has 0 saturated heterocycles. The van der Waals surface area contributed by atoms with Crippen LogP contribution in [-0.4, -0.2) is 9.13 Å². The van der Waals surface area contributed by atoms with Crippen LogP contribution in [0.3, 0.4) is 0 Å². The van der Waals surface area contributed by atoms with Crippen LogP contribution in [0.5, 0.6) is 0 Å². The number of aryl methyl sites for hydroxylation is 2. The maximum atomic E-state index is 9.87. The van der Waals surface area contributed by atoms with Crippen LogP contribution >= 0.6 is 15.6 Å². The van der Waals surface area contributed by atoms with Crippen molar-refractivity contribution in [1.29, 1.82) is 0 Å². The Kier molecular flexibility index (Phi) is 8.47. The third-order valence-electron chi connectivity index (χ3n) is 5.94. The van der Waals surface area contributed by atoms with E-state index in [4.69, 9.17) is 0 Å². The summed E-state index contributed by atoms with van der Waals surface area (Å²) in [5.74, 6) is 0. The first kappa shape index (κ1) is 35.1. The van der Waals surface area contributed by atoms with Crippen LogP contribution in [0.4, 0.5) is 50.4 Å². The molecule has 0 unspecified atom stereocenters. The van der Waals surface area contributed by atoms with Crippen molar-refractivity contribution in [2.24, 2.45) is 0 Å². The van der Waals surface area contributed by atoms with E-state index in [0.29, 0.717) is 0 Å². The fourth-order valence-electron chi connectivity index (χ4n) is 4.46. The number of nitrogens with zero attached hydrogens (tertiary/aromatic N) is 4. The van der Waals surface area contributed by atoms with Crippen LogP contribution < -0.4 is 9.13 Å².